The molecule has 3 aromatic rings. The van der Waals surface area contributed by atoms with Crippen LogP contribution in [0.25, 0.3) is 0 Å². The topological polar surface area (TPSA) is 46.9 Å². The average Bonchev–Trinajstić information content (AvgIpc) is 2.94. The Morgan fingerprint density at radius 3 is 2.83 bits per heavy atom. The van der Waals surface area contributed by atoms with Crippen molar-refractivity contribution in [3.05, 3.63) is 83.4 Å². The molecule has 0 radical (unpaired) electrons. The molecule has 4 nitrogen and oxygen atoms in total. The fourth-order valence-corrected chi connectivity index (χ4v) is 2.35. The quantitative estimate of drug-likeness (QED) is 0.800. The lowest BCUT2D eigenvalue weighted by Crippen LogP contribution is -2.11. The molecule has 1 amide bonds. The molecule has 1 N–H and O–H groups in total. The third-order valence-corrected chi connectivity index (χ3v) is 3.40. The molecule has 0 aliphatic rings. The zero-order chi connectivity index (χ0) is 16.2. The first kappa shape index (κ1) is 15.0. The fraction of sp³-hybridized carbons (Fsp3) is 0.111. The highest BCUT2D eigenvalue weighted by molar-refractivity contribution is 6.04. The summed E-state index contributed by atoms with van der Waals surface area (Å²) in [6, 6.07) is 13.7. The van der Waals surface area contributed by atoms with Gasteiger partial charge < -0.3 is 5.32 Å². The van der Waals surface area contributed by atoms with Crippen molar-refractivity contribution in [3.63, 3.8) is 0 Å². The Morgan fingerprint density at radius 1 is 1.22 bits per heavy atom. The summed E-state index contributed by atoms with van der Waals surface area (Å²) in [5.41, 5.74) is 3.17. The summed E-state index contributed by atoms with van der Waals surface area (Å²) in [6.45, 7) is 2.66. The molecule has 0 fully saturated rings. The zero-order valence-electron chi connectivity index (χ0n) is 12.7. The molecular formula is C18H16FN3O. The van der Waals surface area contributed by atoms with Gasteiger partial charge in [-0.3, -0.25) is 9.48 Å². The van der Waals surface area contributed by atoms with Gasteiger partial charge in [0.1, 0.15) is 5.82 Å². The Hall–Kier alpha value is -2.95. The second-order valence-electron chi connectivity index (χ2n) is 5.38. The van der Waals surface area contributed by atoms with Crippen molar-refractivity contribution in [3.8, 4) is 0 Å². The molecule has 5 heteroatoms. The molecule has 23 heavy (non-hydrogen) atoms. The second kappa shape index (κ2) is 6.44. The zero-order valence-corrected chi connectivity index (χ0v) is 12.7. The van der Waals surface area contributed by atoms with E-state index >= 15 is 0 Å². The van der Waals surface area contributed by atoms with E-state index in [1.807, 2.05) is 25.1 Å². The van der Waals surface area contributed by atoms with Crippen molar-refractivity contribution in [2.45, 2.75) is 13.5 Å². The van der Waals surface area contributed by atoms with E-state index in [1.54, 1.807) is 23.1 Å². The number of hydrogen-bond donors (Lipinski definition) is 1. The van der Waals surface area contributed by atoms with Gasteiger partial charge in [-0.15, -0.1) is 0 Å². The molecule has 2 aromatic carbocycles. The van der Waals surface area contributed by atoms with Crippen LogP contribution >= 0.6 is 0 Å². The summed E-state index contributed by atoms with van der Waals surface area (Å²) in [4.78, 5) is 12.1. The number of nitrogens with zero attached hydrogens (tertiary/aromatic N) is 2. The van der Waals surface area contributed by atoms with Crippen LogP contribution in [0.3, 0.4) is 0 Å². The molecule has 0 atom stereocenters. The van der Waals surface area contributed by atoms with Crippen LogP contribution in [0, 0.1) is 12.7 Å². The van der Waals surface area contributed by atoms with Crippen molar-refractivity contribution in [2.24, 2.45) is 0 Å². The smallest absolute Gasteiger partial charge is 0.255 e. The highest BCUT2D eigenvalue weighted by Gasteiger charge is 2.08. The monoisotopic (exact) mass is 309 g/mol. The number of carbonyl (C=O) groups is 1. The Bertz CT molecular complexity index is 842. The van der Waals surface area contributed by atoms with E-state index in [-0.39, 0.29) is 11.5 Å². The normalized spacial score (nSPS) is 10.5. The number of carbonyl (C=O) groups excluding carboxylic acids is 1. The minimum atomic E-state index is -0.437. The molecule has 0 aliphatic heterocycles. The maximum absolute atomic E-state index is 13.1. The van der Waals surface area contributed by atoms with Gasteiger partial charge in [0.05, 0.1) is 18.4 Å². The molecule has 0 unspecified atom stereocenters. The third kappa shape index (κ3) is 3.83. The van der Waals surface area contributed by atoms with Crippen LogP contribution in [0.15, 0.2) is 60.9 Å². The molecular weight excluding hydrogens is 293 g/mol. The van der Waals surface area contributed by atoms with Crippen molar-refractivity contribution in [1.82, 2.24) is 9.78 Å². The van der Waals surface area contributed by atoms with Gasteiger partial charge >= 0.3 is 0 Å². The Kier molecular flexibility index (Phi) is 4.19. The number of nitrogens with one attached hydrogen (secondary N) is 1. The Balaban J connectivity index is 1.68. The number of aryl methyl sites for hydroxylation is 1. The van der Waals surface area contributed by atoms with Gasteiger partial charge in [0, 0.05) is 11.8 Å². The van der Waals surface area contributed by atoms with Gasteiger partial charge in [-0.05, 0) is 30.7 Å². The van der Waals surface area contributed by atoms with Crippen LogP contribution in [-0.4, -0.2) is 15.7 Å². The largest absolute Gasteiger partial charge is 0.319 e. The first-order valence-corrected chi connectivity index (χ1v) is 7.25. The summed E-state index contributed by atoms with van der Waals surface area (Å²) in [5, 5.41) is 6.95. The number of amides is 1. The maximum atomic E-state index is 13.1. The molecule has 1 heterocycles. The lowest BCUT2D eigenvalue weighted by Gasteiger charge is -2.04. The summed E-state index contributed by atoms with van der Waals surface area (Å²) in [7, 11) is 0. The summed E-state index contributed by atoms with van der Waals surface area (Å²) in [6.07, 6.45) is 3.33. The maximum Gasteiger partial charge on any atom is 0.255 e. The van der Waals surface area contributed by atoms with Crippen LogP contribution in [0.2, 0.25) is 0 Å². The van der Waals surface area contributed by atoms with Gasteiger partial charge in [0.2, 0.25) is 0 Å². The number of aromatic nitrogens is 2. The minimum absolute atomic E-state index is 0.274. The van der Waals surface area contributed by atoms with Crippen molar-refractivity contribution < 1.29 is 9.18 Å². The lowest BCUT2D eigenvalue weighted by molar-refractivity contribution is 0.102. The number of halogens is 1. The predicted octanol–water partition coefficient (Wildman–Crippen LogP) is 3.63. The van der Waals surface area contributed by atoms with E-state index in [9.17, 15) is 9.18 Å². The third-order valence-electron chi connectivity index (χ3n) is 3.40. The van der Waals surface area contributed by atoms with E-state index in [4.69, 9.17) is 0 Å². The van der Waals surface area contributed by atoms with E-state index < -0.39 is 5.82 Å². The van der Waals surface area contributed by atoms with Gasteiger partial charge in [0.15, 0.2) is 0 Å². The number of benzene rings is 2. The molecule has 116 valence electrons. The van der Waals surface area contributed by atoms with E-state index in [1.165, 1.54) is 23.8 Å². The SMILES string of the molecule is Cc1cccc(Cn2cc(NC(=O)c3cccc(F)c3)cn2)c1. The van der Waals surface area contributed by atoms with E-state index in [0.29, 0.717) is 12.2 Å². The number of anilines is 1. The molecule has 1 aromatic heterocycles. The fourth-order valence-electron chi connectivity index (χ4n) is 2.35. The van der Waals surface area contributed by atoms with Gasteiger partial charge in [-0.2, -0.15) is 5.10 Å². The van der Waals surface area contributed by atoms with Crippen molar-refractivity contribution in [2.75, 3.05) is 5.32 Å². The predicted molar refractivity (Wildman–Crippen MR) is 86.9 cm³/mol. The summed E-state index contributed by atoms with van der Waals surface area (Å²) >= 11 is 0. The van der Waals surface area contributed by atoms with E-state index in [0.717, 1.165) is 5.56 Å². The van der Waals surface area contributed by atoms with Crippen LogP contribution in [0.5, 0.6) is 0 Å². The van der Waals surface area contributed by atoms with Crippen LogP contribution < -0.4 is 5.32 Å². The average molecular weight is 309 g/mol. The first-order valence-electron chi connectivity index (χ1n) is 7.25. The molecule has 0 saturated carbocycles. The van der Waals surface area contributed by atoms with Crippen molar-refractivity contribution >= 4 is 11.6 Å². The lowest BCUT2D eigenvalue weighted by atomic mass is 10.1. The standard InChI is InChI=1S/C18H16FN3O/c1-13-4-2-5-14(8-13)11-22-12-17(10-20-22)21-18(23)15-6-3-7-16(19)9-15/h2-10,12H,11H2,1H3,(H,21,23). The van der Waals surface area contributed by atoms with Crippen molar-refractivity contribution in [1.29, 1.82) is 0 Å². The molecule has 3 rings (SSSR count). The molecule has 0 bridgehead atoms. The van der Waals surface area contributed by atoms with Gasteiger partial charge in [-0.25, -0.2) is 4.39 Å². The number of hydrogen-bond acceptors (Lipinski definition) is 2. The van der Waals surface area contributed by atoms with Crippen LogP contribution in [-0.2, 0) is 6.54 Å². The Morgan fingerprint density at radius 2 is 2.04 bits per heavy atom. The highest BCUT2D eigenvalue weighted by atomic mass is 19.1. The van der Waals surface area contributed by atoms with E-state index in [2.05, 4.69) is 16.5 Å². The Labute approximate surface area is 133 Å². The molecule has 0 saturated heterocycles. The highest BCUT2D eigenvalue weighted by Crippen LogP contribution is 2.12. The summed E-state index contributed by atoms with van der Waals surface area (Å²) < 4.78 is 14.9. The van der Waals surface area contributed by atoms with Gasteiger partial charge in [-0.1, -0.05) is 35.9 Å². The number of rotatable bonds is 4. The molecule has 0 aliphatic carbocycles. The van der Waals surface area contributed by atoms with Gasteiger partial charge in [0.25, 0.3) is 5.91 Å². The molecule has 0 spiro atoms. The second-order valence-corrected chi connectivity index (χ2v) is 5.38. The first-order chi connectivity index (χ1) is 11.1. The van der Waals surface area contributed by atoms with Crippen LogP contribution in [0.4, 0.5) is 10.1 Å². The minimum Gasteiger partial charge on any atom is -0.319 e. The summed E-state index contributed by atoms with van der Waals surface area (Å²) in [5.74, 6) is -0.799. The van der Waals surface area contributed by atoms with Crippen LogP contribution in [0.1, 0.15) is 21.5 Å².